The van der Waals surface area contributed by atoms with E-state index in [1.807, 2.05) is 6.92 Å². The summed E-state index contributed by atoms with van der Waals surface area (Å²) in [6.07, 6.45) is 3.19. The Balaban J connectivity index is 1.54. The Morgan fingerprint density at radius 1 is 1.31 bits per heavy atom. The molecule has 12 heteroatoms. The third-order valence-corrected chi connectivity index (χ3v) is 5.96. The van der Waals surface area contributed by atoms with Gasteiger partial charge < -0.3 is 18.9 Å². The van der Waals surface area contributed by atoms with Crippen LogP contribution in [0.2, 0.25) is 0 Å². The average molecular weight is 539 g/mol. The van der Waals surface area contributed by atoms with Crippen LogP contribution < -0.4 is 10.3 Å². The summed E-state index contributed by atoms with van der Waals surface area (Å²) in [6, 6.07) is 6.06. The lowest BCUT2D eigenvalue weighted by molar-refractivity contribution is 0.0332. The van der Waals surface area contributed by atoms with Crippen LogP contribution in [0.5, 0.6) is 5.75 Å². The van der Waals surface area contributed by atoms with Crippen LogP contribution in [-0.2, 0) is 11.2 Å². The highest BCUT2D eigenvalue weighted by Crippen LogP contribution is 2.26. The molecule has 3 heterocycles. The molecule has 4 rings (SSSR count). The summed E-state index contributed by atoms with van der Waals surface area (Å²) in [4.78, 5) is 29.2. The maximum atomic E-state index is 14.1. The zero-order chi connectivity index (χ0) is 28.3. The Hall–Kier alpha value is -4.48. The minimum Gasteiger partial charge on any atom is -0.494 e. The van der Waals surface area contributed by atoms with Crippen molar-refractivity contribution < 1.29 is 23.1 Å². The number of aromatic nitrogens is 5. The number of rotatable bonds is 9. The highest BCUT2D eigenvalue weighted by Gasteiger charge is 2.23. The van der Waals surface area contributed by atoms with Crippen molar-refractivity contribution in [3.05, 3.63) is 76.6 Å². The van der Waals surface area contributed by atoms with Gasteiger partial charge in [-0.05, 0) is 44.9 Å². The first-order valence-electron chi connectivity index (χ1n) is 12.4. The Morgan fingerprint density at radius 2 is 2.08 bits per heavy atom. The van der Waals surface area contributed by atoms with Gasteiger partial charge in [0.2, 0.25) is 5.89 Å². The van der Waals surface area contributed by atoms with Crippen LogP contribution in [0.1, 0.15) is 57.2 Å². The molecule has 39 heavy (non-hydrogen) atoms. The van der Waals surface area contributed by atoms with Gasteiger partial charge in [-0.3, -0.25) is 9.69 Å². The van der Waals surface area contributed by atoms with Crippen LogP contribution in [-0.4, -0.2) is 55.0 Å². The van der Waals surface area contributed by atoms with Gasteiger partial charge in [-0.25, -0.2) is 13.7 Å². The van der Waals surface area contributed by atoms with E-state index < -0.39 is 17.5 Å². The summed E-state index contributed by atoms with van der Waals surface area (Å²) in [5.74, 6) is -0.0634. The molecule has 0 radical (unpaired) electrons. The average Bonchev–Trinajstić information content (AvgIpc) is 3.49. The third-order valence-electron chi connectivity index (χ3n) is 5.96. The fourth-order valence-electron chi connectivity index (χ4n) is 4.01. The normalized spacial score (nSPS) is 12.4. The van der Waals surface area contributed by atoms with Crippen LogP contribution in [0.3, 0.4) is 0 Å². The first-order valence-corrected chi connectivity index (χ1v) is 12.4. The number of carbonyl (C=O) groups excluding carboxylic acids is 1. The molecule has 4 aromatic rings. The maximum Gasteiger partial charge on any atom is 0.414 e. The predicted octanol–water partition coefficient (Wildman–Crippen LogP) is 4.69. The molecule has 1 unspecified atom stereocenters. The number of methoxy groups -OCH3 is 1. The smallest absolute Gasteiger partial charge is 0.414 e. The van der Waals surface area contributed by atoms with Crippen LogP contribution >= 0.6 is 0 Å². The van der Waals surface area contributed by atoms with Crippen LogP contribution in [0.15, 0.2) is 52.5 Å². The number of nitrogens with zero attached hydrogens (tertiary/aromatic N) is 5. The summed E-state index contributed by atoms with van der Waals surface area (Å²) in [5, 5.41) is 12.6. The van der Waals surface area contributed by atoms with Gasteiger partial charge in [0, 0.05) is 24.7 Å². The van der Waals surface area contributed by atoms with E-state index in [-0.39, 0.29) is 35.4 Å². The summed E-state index contributed by atoms with van der Waals surface area (Å²) in [5.41, 5.74) is 1.15. The molecule has 1 N–H and O–H groups in total. The Morgan fingerprint density at radius 3 is 2.74 bits per heavy atom. The molecule has 0 saturated heterocycles. The summed E-state index contributed by atoms with van der Waals surface area (Å²) >= 11 is 0. The number of amides is 1. The quantitative estimate of drug-likeness (QED) is 0.325. The summed E-state index contributed by atoms with van der Waals surface area (Å²) in [7, 11) is 1.40. The van der Waals surface area contributed by atoms with Crippen molar-refractivity contribution in [3.63, 3.8) is 0 Å². The number of aromatic amines is 1. The predicted molar refractivity (Wildman–Crippen MR) is 141 cm³/mol. The number of hydrogen-bond acceptors (Lipinski definition) is 8. The minimum absolute atomic E-state index is 0.146. The second-order valence-corrected chi connectivity index (χ2v) is 10.1. The van der Waals surface area contributed by atoms with Gasteiger partial charge in [0.15, 0.2) is 11.6 Å². The third kappa shape index (κ3) is 6.33. The highest BCUT2D eigenvalue weighted by atomic mass is 19.1. The summed E-state index contributed by atoms with van der Waals surface area (Å²) in [6.45, 7) is 11.4. The van der Waals surface area contributed by atoms with Crippen molar-refractivity contribution in [2.24, 2.45) is 0 Å². The van der Waals surface area contributed by atoms with E-state index >= 15 is 0 Å². The lowest BCUT2D eigenvalue weighted by Crippen LogP contribution is -2.34. The van der Waals surface area contributed by atoms with Gasteiger partial charge in [-0.2, -0.15) is 5.10 Å². The van der Waals surface area contributed by atoms with E-state index in [2.05, 4.69) is 26.9 Å². The van der Waals surface area contributed by atoms with Crippen molar-refractivity contribution in [1.29, 1.82) is 0 Å². The second-order valence-electron chi connectivity index (χ2n) is 10.1. The standard InChI is InChI=1S/C27H31FN6O5/c1-7-33(26(36)39-27(3,4)5)11-10-16(2)20-14-22(35)30-24-18(15-29-34(20)24)25-32-31-23(38-25)13-17-8-9-21(37-6)19(28)12-17/h7-9,12,14-16H,1,10-11,13H2,2-6H3,(H,30,35). The molecule has 0 bridgehead atoms. The molecule has 0 fully saturated rings. The zero-order valence-corrected chi connectivity index (χ0v) is 22.5. The lowest BCUT2D eigenvalue weighted by atomic mass is 10.0. The van der Waals surface area contributed by atoms with Crippen molar-refractivity contribution >= 4 is 11.7 Å². The molecule has 0 aliphatic heterocycles. The molecule has 3 aromatic heterocycles. The van der Waals surface area contributed by atoms with Crippen LogP contribution in [0.25, 0.3) is 17.1 Å². The molecule has 0 spiro atoms. The second kappa shape index (κ2) is 11.1. The molecule has 1 atom stereocenters. The van der Waals surface area contributed by atoms with Crippen LogP contribution in [0, 0.1) is 5.82 Å². The maximum absolute atomic E-state index is 14.1. The van der Waals surface area contributed by atoms with Gasteiger partial charge in [-0.1, -0.05) is 19.6 Å². The first kappa shape index (κ1) is 27.6. The Kier molecular flexibility index (Phi) is 7.84. The van der Waals surface area contributed by atoms with E-state index in [9.17, 15) is 14.0 Å². The molecule has 0 saturated carbocycles. The van der Waals surface area contributed by atoms with E-state index in [1.54, 1.807) is 31.4 Å². The van der Waals surface area contributed by atoms with Crippen molar-refractivity contribution in [2.45, 2.75) is 52.1 Å². The number of halogens is 1. The molecular weight excluding hydrogens is 507 g/mol. The number of H-pyrrole nitrogens is 1. The number of carbonyl (C=O) groups is 1. The van der Waals surface area contributed by atoms with Gasteiger partial charge in [0.05, 0.1) is 25.4 Å². The van der Waals surface area contributed by atoms with Crippen molar-refractivity contribution in [3.8, 4) is 17.2 Å². The number of fused-ring (bicyclic) bond motifs is 1. The van der Waals surface area contributed by atoms with E-state index in [1.165, 1.54) is 42.6 Å². The molecule has 1 amide bonds. The first-order chi connectivity index (χ1) is 18.5. The van der Waals surface area contributed by atoms with Crippen molar-refractivity contribution in [1.82, 2.24) is 29.7 Å². The Bertz CT molecular complexity index is 1550. The fourth-order valence-corrected chi connectivity index (χ4v) is 4.01. The van der Waals surface area contributed by atoms with Crippen molar-refractivity contribution in [2.75, 3.05) is 13.7 Å². The number of hydrogen-bond donors (Lipinski definition) is 1. The van der Waals surface area contributed by atoms with Gasteiger partial charge in [-0.15, -0.1) is 10.2 Å². The number of ether oxygens (including phenoxy) is 2. The largest absolute Gasteiger partial charge is 0.494 e. The van der Waals surface area contributed by atoms with E-state index in [0.717, 1.165) is 0 Å². The molecule has 11 nitrogen and oxygen atoms in total. The molecular formula is C27H31FN6O5. The lowest BCUT2D eigenvalue weighted by Gasteiger charge is -2.25. The molecule has 1 aromatic carbocycles. The molecule has 0 aliphatic carbocycles. The Labute approximate surface area is 224 Å². The van der Waals surface area contributed by atoms with Crippen LogP contribution in [0.4, 0.5) is 9.18 Å². The minimum atomic E-state index is -0.631. The van der Waals surface area contributed by atoms with E-state index in [0.29, 0.717) is 35.4 Å². The zero-order valence-electron chi connectivity index (χ0n) is 22.5. The monoisotopic (exact) mass is 538 g/mol. The molecule has 206 valence electrons. The SMILES string of the molecule is C=CN(CCC(C)c1cc(=O)[nH]c2c(-c3nnc(Cc4ccc(OC)c(F)c4)o3)cnn12)C(=O)OC(C)(C)C. The summed E-state index contributed by atoms with van der Waals surface area (Å²) < 4.78 is 31.8. The fraction of sp³-hybridized carbons (Fsp3) is 0.370. The van der Waals surface area contributed by atoms with Gasteiger partial charge >= 0.3 is 6.09 Å². The number of benzene rings is 1. The van der Waals surface area contributed by atoms with Gasteiger partial charge in [0.1, 0.15) is 16.8 Å². The molecule has 0 aliphatic rings. The van der Waals surface area contributed by atoms with E-state index in [4.69, 9.17) is 13.9 Å². The highest BCUT2D eigenvalue weighted by molar-refractivity contribution is 5.71. The van der Waals surface area contributed by atoms with Gasteiger partial charge in [0.25, 0.3) is 11.4 Å². The number of nitrogens with one attached hydrogen (secondary N) is 1. The topological polar surface area (TPSA) is 128 Å².